The standard InChI is InChI=1S/C45H50N4O7/c50-38-19-17-36(37-18-20-42(53)47-44(37)38)39(51)28-46-23-8-3-9-26-55-35-16-10-15-34(27-35)43(33-13-6-2-7-14-33)48-45(54)56-41-30-49(24-21-32(41)22-25-49)29-40(52)31-11-4-1-5-12-31/h1-2,4-7,10-20,27,32,39,41,43,46,51H,3,8-9,21-26,28-30H2,(H2-,47,48,50,53,54)/p+1/t32?,39-,41+,43?,49?/m1/s1. The Labute approximate surface area is 326 Å². The first kappa shape index (κ1) is 38.8. The lowest BCUT2D eigenvalue weighted by Crippen LogP contribution is -2.66. The van der Waals surface area contributed by atoms with Gasteiger partial charge in [-0.15, -0.1) is 0 Å². The number of ketones is 1. The highest BCUT2D eigenvalue weighted by atomic mass is 16.6. The first-order chi connectivity index (χ1) is 27.3. The Kier molecular flexibility index (Phi) is 12.4. The molecule has 1 unspecified atom stereocenters. The number of nitrogens with zero attached hydrogens (tertiary/aromatic N) is 1. The molecule has 56 heavy (non-hydrogen) atoms. The van der Waals surface area contributed by atoms with Gasteiger partial charge in [0.2, 0.25) is 11.3 Å². The fourth-order valence-corrected chi connectivity index (χ4v) is 8.29. The first-order valence-electron chi connectivity index (χ1n) is 19.7. The number of H-pyrrole nitrogens is 1. The van der Waals surface area contributed by atoms with E-state index in [2.05, 4.69) is 15.6 Å². The van der Waals surface area contributed by atoms with Gasteiger partial charge in [-0.2, -0.15) is 0 Å². The van der Waals surface area contributed by atoms with Crippen molar-refractivity contribution in [1.29, 1.82) is 0 Å². The summed E-state index contributed by atoms with van der Waals surface area (Å²) in [5.74, 6) is 1.11. The van der Waals surface area contributed by atoms with Crippen LogP contribution in [0.25, 0.3) is 10.9 Å². The summed E-state index contributed by atoms with van der Waals surface area (Å²) >= 11 is 0. The number of unbranched alkanes of at least 4 members (excludes halogenated alkanes) is 2. The Morgan fingerprint density at radius 2 is 1.61 bits per heavy atom. The number of carbonyl (C=O) groups excluding carboxylic acids is 2. The number of benzene rings is 4. The summed E-state index contributed by atoms with van der Waals surface area (Å²) in [5.41, 5.74) is 3.18. The van der Waals surface area contributed by atoms with Crippen molar-refractivity contribution in [3.8, 4) is 11.5 Å². The van der Waals surface area contributed by atoms with E-state index in [-0.39, 0.29) is 23.2 Å². The van der Waals surface area contributed by atoms with E-state index in [1.165, 1.54) is 12.1 Å². The molecule has 3 aliphatic rings. The lowest BCUT2D eigenvalue weighted by Gasteiger charge is -2.51. The Morgan fingerprint density at radius 3 is 2.39 bits per heavy atom. The molecule has 8 rings (SSSR count). The summed E-state index contributed by atoms with van der Waals surface area (Å²) in [6.45, 7) is 4.51. The Bertz CT molecular complexity index is 2150. The minimum Gasteiger partial charge on any atom is -0.506 e. The fraction of sp³-hybridized carbons (Fsp3) is 0.356. The van der Waals surface area contributed by atoms with Crippen LogP contribution < -0.4 is 20.9 Å². The predicted molar refractivity (Wildman–Crippen MR) is 215 cm³/mol. The van der Waals surface area contributed by atoms with Gasteiger partial charge in [0.1, 0.15) is 24.6 Å². The number of aromatic amines is 1. The normalized spacial score (nSPS) is 19.9. The fourth-order valence-electron chi connectivity index (χ4n) is 8.29. The van der Waals surface area contributed by atoms with Gasteiger partial charge in [0.25, 0.3) is 0 Å². The molecule has 0 radical (unpaired) electrons. The number of aliphatic hydroxyl groups is 1. The maximum Gasteiger partial charge on any atom is 0.408 e. The Morgan fingerprint density at radius 1 is 0.857 bits per heavy atom. The minimum absolute atomic E-state index is 0.0340. The molecule has 1 amide bonds. The molecular formula is C45H51N4O7+. The van der Waals surface area contributed by atoms with Crippen LogP contribution in [-0.4, -0.2) is 83.5 Å². The predicted octanol–water partition coefficient (Wildman–Crippen LogP) is 6.41. The highest BCUT2D eigenvalue weighted by Crippen LogP contribution is 2.36. The number of hydrogen-bond acceptors (Lipinski definition) is 8. The molecule has 5 aromatic rings. The maximum atomic E-state index is 13.6. The van der Waals surface area contributed by atoms with Crippen molar-refractivity contribution < 1.29 is 33.8 Å². The number of aromatic hydroxyl groups is 1. The third kappa shape index (κ3) is 9.47. The molecule has 0 saturated carbocycles. The maximum absolute atomic E-state index is 13.6. The van der Waals surface area contributed by atoms with E-state index < -0.39 is 18.2 Å². The number of alkyl carbamates (subject to hydrolysis) is 1. The number of amides is 1. The molecule has 4 aromatic carbocycles. The van der Waals surface area contributed by atoms with Crippen LogP contribution in [0.15, 0.2) is 114 Å². The summed E-state index contributed by atoms with van der Waals surface area (Å²) in [5, 5.41) is 28.0. The lowest BCUT2D eigenvalue weighted by molar-refractivity contribution is -0.938. The van der Waals surface area contributed by atoms with E-state index in [1.54, 1.807) is 12.1 Å². The zero-order chi connectivity index (χ0) is 38.9. The van der Waals surface area contributed by atoms with Crippen LogP contribution in [0.2, 0.25) is 0 Å². The van der Waals surface area contributed by atoms with Gasteiger partial charge in [0, 0.05) is 42.3 Å². The Balaban J connectivity index is 0.885. The average molecular weight is 760 g/mol. The second-order valence-electron chi connectivity index (χ2n) is 15.2. The van der Waals surface area contributed by atoms with Crippen molar-refractivity contribution in [2.45, 2.75) is 50.4 Å². The van der Waals surface area contributed by atoms with E-state index in [4.69, 9.17) is 9.47 Å². The van der Waals surface area contributed by atoms with E-state index in [1.807, 2.05) is 84.9 Å². The molecule has 1 aromatic heterocycles. The summed E-state index contributed by atoms with van der Waals surface area (Å²) in [7, 11) is 0. The summed E-state index contributed by atoms with van der Waals surface area (Å²) in [4.78, 5) is 41.1. The highest BCUT2D eigenvalue weighted by Gasteiger charge is 2.48. The number of ether oxygens (including phenoxy) is 2. The largest absolute Gasteiger partial charge is 0.506 e. The minimum atomic E-state index is -0.800. The number of fused-ring (bicyclic) bond motifs is 4. The number of quaternary nitrogens is 1. The second-order valence-corrected chi connectivity index (χ2v) is 15.2. The number of piperidine rings is 3. The SMILES string of the molecule is O=C(NC(c1ccccc1)c1cccc(OCCCCCNC[C@@H](O)c2ccc(O)c3[nH]c(=O)ccc23)c1)O[C@H]1C[N+]2(CC(=O)c3ccccc3)CCC1CC2. The van der Waals surface area contributed by atoms with Crippen LogP contribution in [0.5, 0.6) is 11.5 Å². The molecule has 4 heterocycles. The van der Waals surface area contributed by atoms with Crippen molar-refractivity contribution in [2.75, 3.05) is 45.9 Å². The van der Waals surface area contributed by atoms with E-state index >= 15 is 0 Å². The number of nitrogens with one attached hydrogen (secondary N) is 3. The van der Waals surface area contributed by atoms with E-state index in [0.717, 1.165) is 61.9 Å². The number of aliphatic hydroxyl groups excluding tert-OH is 1. The molecular weight excluding hydrogens is 709 g/mol. The van der Waals surface area contributed by atoms with Gasteiger partial charge in [-0.25, -0.2) is 4.79 Å². The van der Waals surface area contributed by atoms with E-state index in [0.29, 0.717) is 65.4 Å². The van der Waals surface area contributed by atoms with Gasteiger partial charge in [-0.3, -0.25) is 9.59 Å². The zero-order valence-electron chi connectivity index (χ0n) is 31.6. The van der Waals surface area contributed by atoms with Gasteiger partial charge >= 0.3 is 6.09 Å². The zero-order valence-corrected chi connectivity index (χ0v) is 31.6. The molecule has 3 saturated heterocycles. The number of phenolic OH excluding ortho intramolecular Hbond substituents is 1. The molecule has 11 heteroatoms. The van der Waals surface area contributed by atoms with Crippen molar-refractivity contribution >= 4 is 22.8 Å². The van der Waals surface area contributed by atoms with Gasteiger partial charge < -0.3 is 39.8 Å². The van der Waals surface area contributed by atoms with Crippen LogP contribution in [0, 0.1) is 5.92 Å². The van der Waals surface area contributed by atoms with Crippen LogP contribution in [0.1, 0.15) is 71.3 Å². The third-order valence-corrected chi connectivity index (χ3v) is 11.3. The van der Waals surface area contributed by atoms with Gasteiger partial charge in [-0.1, -0.05) is 78.9 Å². The molecule has 0 spiro atoms. The second kappa shape index (κ2) is 18.0. The van der Waals surface area contributed by atoms with E-state index in [9.17, 15) is 24.6 Å². The summed E-state index contributed by atoms with van der Waals surface area (Å²) in [6, 6.07) is 32.8. The molecule has 292 valence electrons. The number of rotatable bonds is 17. The third-order valence-electron chi connectivity index (χ3n) is 11.3. The van der Waals surface area contributed by atoms with Crippen LogP contribution >= 0.6 is 0 Å². The monoisotopic (exact) mass is 759 g/mol. The topological polar surface area (TPSA) is 150 Å². The van der Waals surface area contributed by atoms with Crippen LogP contribution in [-0.2, 0) is 4.74 Å². The Hall–Kier alpha value is -5.49. The van der Waals surface area contributed by atoms with Gasteiger partial charge in [0.05, 0.1) is 37.4 Å². The number of hydrogen-bond donors (Lipinski definition) is 5. The van der Waals surface area contributed by atoms with Gasteiger partial charge in [-0.05, 0) is 66.8 Å². The smallest absolute Gasteiger partial charge is 0.408 e. The molecule has 3 aliphatic heterocycles. The lowest BCUT2D eigenvalue weighted by atomic mass is 9.83. The molecule has 3 atom stereocenters. The van der Waals surface area contributed by atoms with Crippen molar-refractivity contribution in [1.82, 2.24) is 15.6 Å². The van der Waals surface area contributed by atoms with Crippen LogP contribution in [0.4, 0.5) is 4.79 Å². The van der Waals surface area contributed by atoms with Crippen molar-refractivity contribution in [2.24, 2.45) is 5.92 Å². The molecule has 11 nitrogen and oxygen atoms in total. The molecule has 5 N–H and O–H groups in total. The quantitative estimate of drug-likeness (QED) is 0.0415. The summed E-state index contributed by atoms with van der Waals surface area (Å²) < 4.78 is 13.0. The first-order valence-corrected chi connectivity index (χ1v) is 19.7. The van der Waals surface area contributed by atoms with Gasteiger partial charge in [0.15, 0.2) is 6.10 Å². The van der Waals surface area contributed by atoms with Crippen LogP contribution in [0.3, 0.4) is 0 Å². The average Bonchev–Trinajstić information content (AvgIpc) is 3.22. The number of Topliss-reactive ketones (excluding diaryl/α,β-unsaturated/α-hetero) is 1. The highest BCUT2D eigenvalue weighted by molar-refractivity contribution is 5.97. The molecule has 3 fully saturated rings. The number of carbonyl (C=O) groups is 2. The summed E-state index contributed by atoms with van der Waals surface area (Å²) in [6.07, 6.45) is 3.02. The van der Waals surface area contributed by atoms with Crippen molar-refractivity contribution in [3.05, 3.63) is 142 Å². The number of aromatic nitrogens is 1. The number of phenols is 1. The van der Waals surface area contributed by atoms with Crippen molar-refractivity contribution in [3.63, 3.8) is 0 Å². The molecule has 2 bridgehead atoms. The number of pyridine rings is 1. The molecule has 0 aliphatic carbocycles.